The number of carbonyl (C=O) groups is 3. The van der Waals surface area contributed by atoms with Gasteiger partial charge in [-0.15, -0.1) is 0 Å². The molecular formula is C18H12BrCl2IN6O4. The van der Waals surface area contributed by atoms with Crippen LogP contribution in [0.25, 0.3) is 5.82 Å². The van der Waals surface area contributed by atoms with Crippen LogP contribution >= 0.6 is 61.7 Å². The molecule has 0 saturated heterocycles. The fraction of sp³-hybridized carbons (Fsp3) is 0.0556. The van der Waals surface area contributed by atoms with Crippen molar-refractivity contribution in [3.8, 4) is 5.82 Å². The Hall–Kier alpha value is -2.42. The monoisotopic (exact) mass is 652 g/mol. The van der Waals surface area contributed by atoms with Gasteiger partial charge in [-0.25, -0.2) is 19.9 Å². The molecule has 2 aromatic heterocycles. The Kier molecular flexibility index (Phi) is 7.92. The van der Waals surface area contributed by atoms with E-state index < -0.39 is 17.9 Å². The zero-order valence-corrected chi connectivity index (χ0v) is 21.2. The summed E-state index contributed by atoms with van der Waals surface area (Å²) < 4.78 is 6.53. The largest absolute Gasteiger partial charge is 0.452 e. The lowest BCUT2D eigenvalue weighted by Gasteiger charge is -2.15. The summed E-state index contributed by atoms with van der Waals surface area (Å²) in [7, 11) is 1.14. The minimum absolute atomic E-state index is 0.00709. The standard InChI is InChI=1S/C18H12BrCl2IN6O4/c1-32-18(31)26-25-16(29)9-5-8(20)6-11(22)14(9)24-17(30)12-7-13(19)27-28(12)15-10(21)3-2-4-23-15/h2-7H,1H3,(H,24,30)(H,25,29)(H,26,31). The predicted molar refractivity (Wildman–Crippen MR) is 129 cm³/mol. The van der Waals surface area contributed by atoms with Crippen LogP contribution in [0.1, 0.15) is 20.8 Å². The number of methoxy groups -OCH3 is 1. The van der Waals surface area contributed by atoms with E-state index >= 15 is 0 Å². The van der Waals surface area contributed by atoms with Crippen LogP contribution in [0.4, 0.5) is 10.5 Å². The molecule has 32 heavy (non-hydrogen) atoms. The number of nitrogens with zero attached hydrogens (tertiary/aromatic N) is 3. The lowest BCUT2D eigenvalue weighted by atomic mass is 10.1. The first-order valence-corrected chi connectivity index (χ1v) is 11.1. The third kappa shape index (κ3) is 5.49. The molecule has 166 valence electrons. The van der Waals surface area contributed by atoms with E-state index in [1.165, 1.54) is 23.0 Å². The van der Waals surface area contributed by atoms with Gasteiger partial charge in [-0.05, 0) is 62.8 Å². The number of rotatable bonds is 4. The summed E-state index contributed by atoms with van der Waals surface area (Å²) in [5, 5.41) is 7.44. The SMILES string of the molecule is COC(=O)NNC(=O)c1cc(Cl)cc(I)c1NC(=O)c1cc(Br)nn1-c1ncccc1Cl. The van der Waals surface area contributed by atoms with Gasteiger partial charge in [0.25, 0.3) is 11.8 Å². The second-order valence-electron chi connectivity index (χ2n) is 5.91. The Balaban J connectivity index is 1.96. The van der Waals surface area contributed by atoms with Gasteiger partial charge in [0.1, 0.15) is 10.3 Å². The van der Waals surface area contributed by atoms with Gasteiger partial charge in [0.05, 0.1) is 23.4 Å². The molecule has 0 aliphatic heterocycles. The average molecular weight is 654 g/mol. The van der Waals surface area contributed by atoms with Crippen LogP contribution in [-0.4, -0.2) is 39.8 Å². The molecule has 0 aliphatic rings. The van der Waals surface area contributed by atoms with Crippen molar-refractivity contribution in [3.05, 3.63) is 66.0 Å². The quantitative estimate of drug-likeness (QED) is 0.286. The van der Waals surface area contributed by atoms with Crippen molar-refractivity contribution in [1.29, 1.82) is 0 Å². The normalized spacial score (nSPS) is 10.4. The summed E-state index contributed by atoms with van der Waals surface area (Å²) in [6.45, 7) is 0. The number of ether oxygens (including phenoxy) is 1. The summed E-state index contributed by atoms with van der Waals surface area (Å²) in [4.78, 5) is 41.2. The van der Waals surface area contributed by atoms with Crippen molar-refractivity contribution in [2.24, 2.45) is 0 Å². The number of hydrazine groups is 1. The van der Waals surface area contributed by atoms with Crippen LogP contribution in [-0.2, 0) is 4.74 Å². The fourth-order valence-corrected chi connectivity index (χ4v) is 4.23. The van der Waals surface area contributed by atoms with Gasteiger partial charge in [0.15, 0.2) is 5.82 Å². The third-order valence-electron chi connectivity index (χ3n) is 3.85. The highest BCUT2D eigenvalue weighted by Gasteiger charge is 2.23. The molecule has 0 saturated carbocycles. The minimum Gasteiger partial charge on any atom is -0.452 e. The molecule has 0 fully saturated rings. The van der Waals surface area contributed by atoms with E-state index in [1.807, 2.05) is 22.6 Å². The fourth-order valence-electron chi connectivity index (χ4n) is 2.49. The number of hydrogen-bond acceptors (Lipinski definition) is 6. The van der Waals surface area contributed by atoms with Crippen molar-refractivity contribution < 1.29 is 19.1 Å². The van der Waals surface area contributed by atoms with Crippen molar-refractivity contribution in [3.63, 3.8) is 0 Å². The zero-order valence-electron chi connectivity index (χ0n) is 16.0. The maximum absolute atomic E-state index is 13.1. The van der Waals surface area contributed by atoms with E-state index in [0.717, 1.165) is 7.11 Å². The van der Waals surface area contributed by atoms with Gasteiger partial charge in [0, 0.05) is 20.9 Å². The second kappa shape index (κ2) is 10.5. The Morgan fingerprint density at radius 3 is 2.59 bits per heavy atom. The van der Waals surface area contributed by atoms with E-state index in [4.69, 9.17) is 23.2 Å². The van der Waals surface area contributed by atoms with Gasteiger partial charge in [-0.2, -0.15) is 5.10 Å². The van der Waals surface area contributed by atoms with Crippen LogP contribution in [0, 0.1) is 3.57 Å². The number of halogens is 4. The molecule has 3 rings (SSSR count). The maximum Gasteiger partial charge on any atom is 0.425 e. The predicted octanol–water partition coefficient (Wildman–Crippen LogP) is 4.19. The van der Waals surface area contributed by atoms with E-state index in [0.29, 0.717) is 8.17 Å². The molecule has 0 atom stereocenters. The number of hydrogen-bond donors (Lipinski definition) is 3. The number of pyridine rings is 1. The lowest BCUT2D eigenvalue weighted by molar-refractivity contribution is 0.0921. The molecule has 2 heterocycles. The number of anilines is 1. The molecule has 0 unspecified atom stereocenters. The summed E-state index contributed by atoms with van der Waals surface area (Å²) in [5.74, 6) is -1.08. The molecule has 0 aliphatic carbocycles. The number of amides is 3. The topological polar surface area (TPSA) is 127 Å². The number of carbonyl (C=O) groups excluding carboxylic acids is 3. The maximum atomic E-state index is 13.1. The van der Waals surface area contributed by atoms with Crippen molar-refractivity contribution >= 4 is 85.3 Å². The highest BCUT2D eigenvalue weighted by molar-refractivity contribution is 14.1. The molecule has 0 radical (unpaired) electrons. The summed E-state index contributed by atoms with van der Waals surface area (Å²) in [6.07, 6.45) is 0.638. The molecule has 1 aromatic carbocycles. The van der Waals surface area contributed by atoms with Gasteiger partial charge in [0.2, 0.25) is 0 Å². The molecule has 3 amide bonds. The number of benzene rings is 1. The Labute approximate surface area is 213 Å². The Morgan fingerprint density at radius 2 is 1.91 bits per heavy atom. The first-order chi connectivity index (χ1) is 15.2. The van der Waals surface area contributed by atoms with Crippen LogP contribution in [0.5, 0.6) is 0 Å². The molecule has 3 N–H and O–H groups in total. The van der Waals surface area contributed by atoms with Crippen LogP contribution in [0.2, 0.25) is 10.0 Å². The average Bonchev–Trinajstić information content (AvgIpc) is 3.15. The van der Waals surface area contributed by atoms with Crippen molar-refractivity contribution in [2.75, 3.05) is 12.4 Å². The highest BCUT2D eigenvalue weighted by atomic mass is 127. The molecule has 14 heteroatoms. The molecule has 10 nitrogen and oxygen atoms in total. The van der Waals surface area contributed by atoms with E-state index in [2.05, 4.69) is 46.9 Å². The summed E-state index contributed by atoms with van der Waals surface area (Å²) in [5.41, 5.74) is 4.51. The molecule has 0 spiro atoms. The second-order valence-corrected chi connectivity index (χ2v) is 8.73. The van der Waals surface area contributed by atoms with Gasteiger partial charge < -0.3 is 10.1 Å². The smallest absolute Gasteiger partial charge is 0.425 e. The number of aromatic nitrogens is 3. The third-order valence-corrected chi connectivity index (χ3v) is 5.61. The molecule has 3 aromatic rings. The van der Waals surface area contributed by atoms with E-state index in [1.54, 1.807) is 18.2 Å². The Bertz CT molecular complexity index is 1220. The van der Waals surface area contributed by atoms with Crippen LogP contribution in [0.3, 0.4) is 0 Å². The summed E-state index contributed by atoms with van der Waals surface area (Å²) in [6, 6.07) is 7.64. The minimum atomic E-state index is -0.873. The van der Waals surface area contributed by atoms with E-state index in [9.17, 15) is 14.4 Å². The first kappa shape index (κ1) is 24.2. The van der Waals surface area contributed by atoms with Crippen LogP contribution < -0.4 is 16.2 Å². The molecule has 0 bridgehead atoms. The summed E-state index contributed by atoms with van der Waals surface area (Å²) >= 11 is 17.5. The van der Waals surface area contributed by atoms with Gasteiger partial charge in [-0.3, -0.25) is 15.0 Å². The Morgan fingerprint density at radius 1 is 1.16 bits per heavy atom. The number of nitrogens with one attached hydrogen (secondary N) is 3. The van der Waals surface area contributed by atoms with Crippen LogP contribution in [0.15, 0.2) is 41.1 Å². The van der Waals surface area contributed by atoms with Gasteiger partial charge >= 0.3 is 6.09 Å². The highest BCUT2D eigenvalue weighted by Crippen LogP contribution is 2.29. The van der Waals surface area contributed by atoms with Crippen molar-refractivity contribution in [2.45, 2.75) is 0 Å². The first-order valence-electron chi connectivity index (χ1n) is 8.52. The van der Waals surface area contributed by atoms with Gasteiger partial charge in [-0.1, -0.05) is 23.2 Å². The van der Waals surface area contributed by atoms with E-state index in [-0.39, 0.29) is 32.8 Å². The zero-order chi connectivity index (χ0) is 23.4. The lowest BCUT2D eigenvalue weighted by Crippen LogP contribution is -2.41. The van der Waals surface area contributed by atoms with Crippen molar-refractivity contribution in [1.82, 2.24) is 25.6 Å². The molecular weight excluding hydrogens is 642 g/mol.